The molecule has 0 unspecified atom stereocenters. The molecule has 0 aliphatic rings. The number of hydrogen-bond donors (Lipinski definition) is 3. The van der Waals surface area contributed by atoms with Crippen LogP contribution in [0.1, 0.15) is 20.8 Å². The van der Waals surface area contributed by atoms with Gasteiger partial charge in [0.2, 0.25) is 5.91 Å². The van der Waals surface area contributed by atoms with E-state index in [-0.39, 0.29) is 17.4 Å². The van der Waals surface area contributed by atoms with Gasteiger partial charge in [-0.2, -0.15) is 0 Å². The fourth-order valence-corrected chi connectivity index (χ4v) is 6.56. The van der Waals surface area contributed by atoms with E-state index in [1.807, 2.05) is 97.9 Å². The Bertz CT molecular complexity index is 2090. The van der Waals surface area contributed by atoms with Crippen LogP contribution in [0.5, 0.6) is 0 Å². The smallest absolute Gasteiger partial charge is 0.272 e. The van der Waals surface area contributed by atoms with Crippen LogP contribution in [0.4, 0.5) is 10.8 Å². The zero-order valence-electron chi connectivity index (χ0n) is 25.4. The summed E-state index contributed by atoms with van der Waals surface area (Å²) in [5.74, 6) is -0.887. The van der Waals surface area contributed by atoms with Gasteiger partial charge < -0.3 is 16.0 Å². The lowest BCUT2D eigenvalue weighted by Crippen LogP contribution is -2.30. The SMILES string of the molecule is Cc1sc(NC(=O)CSc2cccc(NC(=O)/C(=C\c3cccc4ccccc34)NC(=O)c3ccccc3)c2)nc1-c1ccccc1. The average molecular weight is 655 g/mol. The van der Waals surface area contributed by atoms with E-state index in [0.29, 0.717) is 16.4 Å². The number of aromatic nitrogens is 1. The summed E-state index contributed by atoms with van der Waals surface area (Å²) in [6.45, 7) is 1.99. The summed E-state index contributed by atoms with van der Waals surface area (Å²) < 4.78 is 0. The number of thioether (sulfide) groups is 1. The lowest BCUT2D eigenvalue weighted by Gasteiger charge is -2.13. The minimum atomic E-state index is -0.476. The number of amides is 3. The maximum absolute atomic E-state index is 13.7. The molecular formula is C38H30N4O3S2. The number of anilines is 2. The molecule has 0 saturated heterocycles. The van der Waals surface area contributed by atoms with E-state index >= 15 is 0 Å². The maximum Gasteiger partial charge on any atom is 0.272 e. The molecule has 0 bridgehead atoms. The first-order valence-corrected chi connectivity index (χ1v) is 16.7. The van der Waals surface area contributed by atoms with Gasteiger partial charge >= 0.3 is 0 Å². The number of nitrogens with one attached hydrogen (secondary N) is 3. The van der Waals surface area contributed by atoms with E-state index in [4.69, 9.17) is 0 Å². The summed E-state index contributed by atoms with van der Waals surface area (Å²) in [6.07, 6.45) is 1.69. The normalized spacial score (nSPS) is 11.2. The molecule has 0 saturated carbocycles. The number of nitrogens with zero attached hydrogens (tertiary/aromatic N) is 1. The van der Waals surface area contributed by atoms with Crippen LogP contribution in [0.2, 0.25) is 0 Å². The van der Waals surface area contributed by atoms with E-state index in [9.17, 15) is 14.4 Å². The highest BCUT2D eigenvalue weighted by Gasteiger charge is 2.17. The molecule has 232 valence electrons. The summed E-state index contributed by atoms with van der Waals surface area (Å²) in [4.78, 5) is 46.0. The third-order valence-electron chi connectivity index (χ3n) is 7.20. The number of hydrogen-bond acceptors (Lipinski definition) is 6. The number of benzene rings is 5. The molecule has 9 heteroatoms. The van der Waals surface area contributed by atoms with E-state index < -0.39 is 11.8 Å². The van der Waals surface area contributed by atoms with Gasteiger partial charge in [0.15, 0.2) is 5.13 Å². The number of carbonyl (C=O) groups excluding carboxylic acids is 3. The van der Waals surface area contributed by atoms with Crippen molar-refractivity contribution < 1.29 is 14.4 Å². The fraction of sp³-hybridized carbons (Fsp3) is 0.0526. The fourth-order valence-electron chi connectivity index (χ4n) is 4.95. The molecule has 1 aromatic heterocycles. The van der Waals surface area contributed by atoms with Crippen LogP contribution in [0.3, 0.4) is 0 Å². The quantitative estimate of drug-likeness (QED) is 0.102. The van der Waals surface area contributed by atoms with Gasteiger partial charge in [0, 0.05) is 26.6 Å². The first-order valence-electron chi connectivity index (χ1n) is 14.9. The van der Waals surface area contributed by atoms with Crippen molar-refractivity contribution in [3.05, 3.63) is 149 Å². The Morgan fingerprint density at radius 1 is 0.787 bits per heavy atom. The minimum Gasteiger partial charge on any atom is -0.321 e. The van der Waals surface area contributed by atoms with Crippen molar-refractivity contribution >= 4 is 68.5 Å². The predicted octanol–water partition coefficient (Wildman–Crippen LogP) is 8.41. The predicted molar refractivity (Wildman–Crippen MR) is 193 cm³/mol. The van der Waals surface area contributed by atoms with Gasteiger partial charge in [-0.05, 0) is 59.7 Å². The molecule has 0 radical (unpaired) electrons. The van der Waals surface area contributed by atoms with Crippen LogP contribution in [-0.2, 0) is 9.59 Å². The van der Waals surface area contributed by atoms with Crippen LogP contribution in [0, 0.1) is 6.92 Å². The Balaban J connectivity index is 1.15. The second-order valence-corrected chi connectivity index (χ2v) is 12.8. The lowest BCUT2D eigenvalue weighted by molar-refractivity contribution is -0.114. The molecule has 0 spiro atoms. The minimum absolute atomic E-state index is 0.0984. The zero-order chi connectivity index (χ0) is 32.6. The summed E-state index contributed by atoms with van der Waals surface area (Å²) in [6, 6.07) is 39.5. The highest BCUT2D eigenvalue weighted by molar-refractivity contribution is 8.00. The lowest BCUT2D eigenvalue weighted by atomic mass is 10.0. The van der Waals surface area contributed by atoms with Crippen molar-refractivity contribution in [3.8, 4) is 11.3 Å². The Kier molecular flexibility index (Phi) is 9.86. The van der Waals surface area contributed by atoms with Gasteiger partial charge in [0.25, 0.3) is 11.8 Å². The Hall–Kier alpha value is -5.51. The maximum atomic E-state index is 13.7. The average Bonchev–Trinajstić information content (AvgIpc) is 3.47. The molecule has 3 N–H and O–H groups in total. The van der Waals surface area contributed by atoms with Gasteiger partial charge in [0.1, 0.15) is 5.70 Å². The highest BCUT2D eigenvalue weighted by atomic mass is 32.2. The molecule has 0 aliphatic heterocycles. The van der Waals surface area contributed by atoms with Crippen LogP contribution >= 0.6 is 23.1 Å². The van der Waals surface area contributed by atoms with E-state index in [2.05, 4.69) is 20.9 Å². The topological polar surface area (TPSA) is 100 Å². The molecule has 5 aromatic carbocycles. The number of aryl methyl sites for hydroxylation is 1. The molecule has 0 atom stereocenters. The monoisotopic (exact) mass is 654 g/mol. The molecule has 3 amide bonds. The third kappa shape index (κ3) is 8.02. The number of thiazole rings is 1. The summed E-state index contributed by atoms with van der Waals surface area (Å²) in [5.41, 5.74) is 3.72. The van der Waals surface area contributed by atoms with Crippen LogP contribution in [-0.4, -0.2) is 28.5 Å². The Morgan fingerprint density at radius 2 is 1.49 bits per heavy atom. The van der Waals surface area contributed by atoms with Crippen LogP contribution in [0.15, 0.2) is 138 Å². The molecule has 6 aromatic rings. The summed E-state index contributed by atoms with van der Waals surface area (Å²) in [5, 5.41) is 11.2. The van der Waals surface area contributed by atoms with Gasteiger partial charge in [-0.15, -0.1) is 23.1 Å². The molecule has 1 heterocycles. The van der Waals surface area contributed by atoms with Crippen LogP contribution in [0.25, 0.3) is 28.1 Å². The molecular weight excluding hydrogens is 625 g/mol. The second kappa shape index (κ2) is 14.7. The van der Waals surface area contributed by atoms with Gasteiger partial charge in [-0.25, -0.2) is 4.98 Å². The van der Waals surface area contributed by atoms with Crippen molar-refractivity contribution in [2.75, 3.05) is 16.4 Å². The molecule has 47 heavy (non-hydrogen) atoms. The largest absolute Gasteiger partial charge is 0.321 e. The summed E-state index contributed by atoms with van der Waals surface area (Å²) in [7, 11) is 0. The Labute approximate surface area is 280 Å². The van der Waals surface area contributed by atoms with Crippen molar-refractivity contribution in [3.63, 3.8) is 0 Å². The van der Waals surface area contributed by atoms with Gasteiger partial charge in [0.05, 0.1) is 11.4 Å². The highest BCUT2D eigenvalue weighted by Crippen LogP contribution is 2.31. The first kappa shape index (κ1) is 31.5. The molecule has 6 rings (SSSR count). The number of fused-ring (bicyclic) bond motifs is 1. The van der Waals surface area contributed by atoms with E-state index in [0.717, 1.165) is 37.4 Å². The first-order chi connectivity index (χ1) is 22.9. The number of carbonyl (C=O) groups is 3. The van der Waals surface area contributed by atoms with Crippen molar-refractivity contribution in [2.24, 2.45) is 0 Å². The standard InChI is InChI=1S/C38H30N4O3S2/c1-25-35(27-13-4-2-5-14-27)42-38(47-25)41-34(43)24-46-31-20-11-19-30(23-31)39-37(45)33(40-36(44)28-15-6-3-7-16-28)22-29-18-10-17-26-12-8-9-21-32(26)29/h2-23H,24H2,1H3,(H,39,45)(H,40,44)(H,41,42,43)/b33-22+. The van der Waals surface area contributed by atoms with E-state index in [1.165, 1.54) is 23.1 Å². The van der Waals surface area contributed by atoms with Gasteiger partial charge in [-0.3, -0.25) is 14.4 Å². The van der Waals surface area contributed by atoms with Gasteiger partial charge in [-0.1, -0.05) is 97.1 Å². The zero-order valence-corrected chi connectivity index (χ0v) is 27.0. The summed E-state index contributed by atoms with van der Waals surface area (Å²) >= 11 is 2.79. The van der Waals surface area contributed by atoms with Crippen LogP contribution < -0.4 is 16.0 Å². The van der Waals surface area contributed by atoms with Crippen molar-refractivity contribution in [1.29, 1.82) is 0 Å². The number of rotatable bonds is 10. The molecule has 0 fully saturated rings. The van der Waals surface area contributed by atoms with E-state index in [1.54, 1.807) is 42.5 Å². The third-order valence-corrected chi connectivity index (χ3v) is 9.08. The second-order valence-electron chi connectivity index (χ2n) is 10.6. The van der Waals surface area contributed by atoms with Crippen molar-refractivity contribution in [2.45, 2.75) is 11.8 Å². The Morgan fingerprint density at radius 3 is 2.30 bits per heavy atom. The molecule has 0 aliphatic carbocycles. The van der Waals surface area contributed by atoms with Crippen molar-refractivity contribution in [1.82, 2.24) is 10.3 Å². The molecule has 7 nitrogen and oxygen atoms in total.